The Kier molecular flexibility index (Phi) is 5.00. The Balaban J connectivity index is 1.63. The molecule has 0 saturated heterocycles. The lowest BCUT2D eigenvalue weighted by Gasteiger charge is -2.09. The second-order valence-corrected chi connectivity index (χ2v) is 7.88. The number of phenolic OH excluding ortho intramolecular Hbond substituents is 2. The Bertz CT molecular complexity index is 1370. The molecule has 0 saturated carbocycles. The molecule has 32 heavy (non-hydrogen) atoms. The molecule has 5 nitrogen and oxygen atoms in total. The summed E-state index contributed by atoms with van der Waals surface area (Å²) in [4.78, 5) is 4.79. The fourth-order valence-corrected chi connectivity index (χ4v) is 3.93. The maximum atomic E-state index is 11.0. The predicted octanol–water partition coefficient (Wildman–Crippen LogP) is 5.30. The summed E-state index contributed by atoms with van der Waals surface area (Å²) in [5, 5.41) is 30.2. The van der Waals surface area contributed by atoms with E-state index in [1.54, 1.807) is 28.7 Å². The number of fused-ring (bicyclic) bond motifs is 1. The van der Waals surface area contributed by atoms with Crippen LogP contribution in [-0.4, -0.2) is 24.7 Å². The first-order valence-corrected chi connectivity index (χ1v) is 10.4. The third-order valence-corrected chi connectivity index (χ3v) is 5.59. The minimum absolute atomic E-state index is 0.100. The standard InChI is InChI=1S/C27H22N2O3/c30-23-10-6-19(7-11-23)15-25-27(32)29-17-22(20-8-12-24(31)13-9-20)16-21(26(29)28-25)14-18-4-2-1-3-5-18/h1-13,16-17,30-32H,14-15H2. The van der Waals surface area contributed by atoms with Crippen LogP contribution < -0.4 is 0 Å². The van der Waals surface area contributed by atoms with E-state index in [0.29, 0.717) is 24.2 Å². The normalized spacial score (nSPS) is 11.1. The molecule has 0 spiro atoms. The number of hydrogen-bond acceptors (Lipinski definition) is 4. The number of phenols is 2. The molecule has 0 bridgehead atoms. The van der Waals surface area contributed by atoms with Crippen molar-refractivity contribution in [1.29, 1.82) is 0 Å². The van der Waals surface area contributed by atoms with E-state index in [9.17, 15) is 15.3 Å². The monoisotopic (exact) mass is 422 g/mol. The van der Waals surface area contributed by atoms with Crippen molar-refractivity contribution in [3.8, 4) is 28.5 Å². The maximum absolute atomic E-state index is 11.0. The van der Waals surface area contributed by atoms with Gasteiger partial charge in [-0.1, -0.05) is 54.6 Å². The lowest BCUT2D eigenvalue weighted by Crippen LogP contribution is -1.96. The lowest BCUT2D eigenvalue weighted by molar-refractivity contribution is 0.442. The molecule has 0 aliphatic heterocycles. The third kappa shape index (κ3) is 3.88. The Hall–Kier alpha value is -4.25. The first kappa shape index (κ1) is 19.7. The minimum Gasteiger partial charge on any atom is -0.508 e. The number of imidazole rings is 1. The lowest BCUT2D eigenvalue weighted by atomic mass is 10.0. The molecule has 0 atom stereocenters. The van der Waals surface area contributed by atoms with Crippen LogP contribution in [0, 0.1) is 0 Å². The summed E-state index contributed by atoms with van der Waals surface area (Å²) in [5.74, 6) is 0.515. The average molecular weight is 422 g/mol. The molecule has 5 heteroatoms. The van der Waals surface area contributed by atoms with Gasteiger partial charge in [-0.3, -0.25) is 4.40 Å². The summed E-state index contributed by atoms with van der Waals surface area (Å²) in [7, 11) is 0. The highest BCUT2D eigenvalue weighted by Crippen LogP contribution is 2.31. The minimum atomic E-state index is 0.100. The van der Waals surface area contributed by atoms with E-state index in [1.807, 2.05) is 48.7 Å². The van der Waals surface area contributed by atoms with Gasteiger partial charge in [0.2, 0.25) is 5.88 Å². The first-order chi connectivity index (χ1) is 15.6. The van der Waals surface area contributed by atoms with Crippen molar-refractivity contribution in [1.82, 2.24) is 9.38 Å². The highest BCUT2D eigenvalue weighted by molar-refractivity contribution is 5.69. The average Bonchev–Trinajstić information content (AvgIpc) is 3.12. The number of nitrogens with zero attached hydrogens (tertiary/aromatic N) is 2. The molecule has 2 heterocycles. The van der Waals surface area contributed by atoms with Gasteiger partial charge in [0.1, 0.15) is 22.8 Å². The zero-order valence-electron chi connectivity index (χ0n) is 17.3. The van der Waals surface area contributed by atoms with Crippen LogP contribution in [0.15, 0.2) is 91.1 Å². The van der Waals surface area contributed by atoms with Crippen LogP contribution >= 0.6 is 0 Å². The number of aromatic nitrogens is 2. The van der Waals surface area contributed by atoms with Crippen LogP contribution in [0.2, 0.25) is 0 Å². The molecule has 5 aromatic rings. The molecule has 0 aliphatic rings. The van der Waals surface area contributed by atoms with Gasteiger partial charge in [0.15, 0.2) is 0 Å². The summed E-state index contributed by atoms with van der Waals surface area (Å²) in [6.07, 6.45) is 3.00. The van der Waals surface area contributed by atoms with E-state index in [1.165, 1.54) is 0 Å². The first-order valence-electron chi connectivity index (χ1n) is 10.4. The van der Waals surface area contributed by atoms with Crippen molar-refractivity contribution in [2.45, 2.75) is 12.8 Å². The van der Waals surface area contributed by atoms with Crippen molar-refractivity contribution in [2.24, 2.45) is 0 Å². The van der Waals surface area contributed by atoms with Gasteiger partial charge < -0.3 is 15.3 Å². The van der Waals surface area contributed by atoms with Gasteiger partial charge in [-0.05, 0) is 52.6 Å². The third-order valence-electron chi connectivity index (χ3n) is 5.59. The summed E-state index contributed by atoms with van der Waals surface area (Å²) < 4.78 is 1.73. The van der Waals surface area contributed by atoms with E-state index in [2.05, 4.69) is 18.2 Å². The number of benzene rings is 3. The number of aromatic hydroxyl groups is 3. The van der Waals surface area contributed by atoms with Crippen molar-refractivity contribution >= 4 is 5.65 Å². The Labute approximate surface area is 185 Å². The van der Waals surface area contributed by atoms with Gasteiger partial charge in [0.05, 0.1) is 0 Å². The second-order valence-electron chi connectivity index (χ2n) is 7.88. The predicted molar refractivity (Wildman–Crippen MR) is 124 cm³/mol. The zero-order chi connectivity index (χ0) is 22.1. The van der Waals surface area contributed by atoms with Crippen molar-refractivity contribution in [3.63, 3.8) is 0 Å². The van der Waals surface area contributed by atoms with Gasteiger partial charge in [0, 0.05) is 24.6 Å². The molecular weight excluding hydrogens is 400 g/mol. The van der Waals surface area contributed by atoms with Gasteiger partial charge in [0.25, 0.3) is 0 Å². The van der Waals surface area contributed by atoms with Crippen molar-refractivity contribution < 1.29 is 15.3 Å². The van der Waals surface area contributed by atoms with E-state index in [-0.39, 0.29) is 17.4 Å². The fraction of sp³-hybridized carbons (Fsp3) is 0.0741. The highest BCUT2D eigenvalue weighted by Gasteiger charge is 2.17. The smallest absolute Gasteiger partial charge is 0.219 e. The molecule has 0 unspecified atom stereocenters. The van der Waals surface area contributed by atoms with E-state index in [4.69, 9.17) is 4.98 Å². The number of hydrogen-bond donors (Lipinski definition) is 3. The summed E-state index contributed by atoms with van der Waals surface area (Å²) in [6.45, 7) is 0. The molecule has 3 aromatic carbocycles. The SMILES string of the molecule is Oc1ccc(Cc2nc3c(Cc4ccccc4)cc(-c4ccc(O)cc4)cn3c2O)cc1. The van der Waals surface area contributed by atoms with Crippen molar-refractivity contribution in [3.05, 3.63) is 114 Å². The number of rotatable bonds is 5. The molecule has 5 rings (SSSR count). The topological polar surface area (TPSA) is 78.0 Å². The zero-order valence-corrected chi connectivity index (χ0v) is 17.3. The number of pyridine rings is 1. The van der Waals surface area contributed by atoms with Crippen LogP contribution in [0.25, 0.3) is 16.8 Å². The second kappa shape index (κ2) is 8.12. The fourth-order valence-electron chi connectivity index (χ4n) is 3.93. The molecule has 0 radical (unpaired) electrons. The Morgan fingerprint density at radius 3 is 1.97 bits per heavy atom. The molecule has 0 fully saturated rings. The molecule has 158 valence electrons. The maximum Gasteiger partial charge on any atom is 0.219 e. The molecule has 0 aliphatic carbocycles. The van der Waals surface area contributed by atoms with Crippen LogP contribution in [0.5, 0.6) is 17.4 Å². The van der Waals surface area contributed by atoms with Crippen molar-refractivity contribution in [2.75, 3.05) is 0 Å². The van der Waals surface area contributed by atoms with Crippen LogP contribution in [0.4, 0.5) is 0 Å². The van der Waals surface area contributed by atoms with E-state index >= 15 is 0 Å². The Morgan fingerprint density at radius 1 is 0.656 bits per heavy atom. The van der Waals surface area contributed by atoms with Crippen LogP contribution in [-0.2, 0) is 12.8 Å². The molecule has 3 N–H and O–H groups in total. The summed E-state index contributed by atoms with van der Waals surface area (Å²) in [5.41, 5.74) is 6.24. The van der Waals surface area contributed by atoms with E-state index < -0.39 is 0 Å². The Morgan fingerprint density at radius 2 is 1.28 bits per heavy atom. The largest absolute Gasteiger partial charge is 0.508 e. The summed E-state index contributed by atoms with van der Waals surface area (Å²) >= 11 is 0. The quantitative estimate of drug-likeness (QED) is 0.359. The van der Waals surface area contributed by atoms with E-state index in [0.717, 1.165) is 27.8 Å². The molecule has 2 aromatic heterocycles. The van der Waals surface area contributed by atoms with Gasteiger partial charge in [-0.2, -0.15) is 0 Å². The van der Waals surface area contributed by atoms with Crippen LogP contribution in [0.1, 0.15) is 22.4 Å². The van der Waals surface area contributed by atoms with Gasteiger partial charge >= 0.3 is 0 Å². The van der Waals surface area contributed by atoms with Gasteiger partial charge in [-0.25, -0.2) is 4.98 Å². The highest BCUT2D eigenvalue weighted by atomic mass is 16.3. The molecular formula is C27H22N2O3. The molecule has 0 amide bonds. The summed E-state index contributed by atoms with van der Waals surface area (Å²) in [6, 6.07) is 26.2. The van der Waals surface area contributed by atoms with Crippen LogP contribution in [0.3, 0.4) is 0 Å². The van der Waals surface area contributed by atoms with Gasteiger partial charge in [-0.15, -0.1) is 0 Å².